The number of methoxy groups -OCH3 is 1. The number of nitrogen functional groups attached to an aromatic ring is 1. The zero-order chi connectivity index (χ0) is 12.3. The molecule has 1 aromatic carbocycles. The Morgan fingerprint density at radius 1 is 1.47 bits per heavy atom. The molecule has 92 valence electrons. The van der Waals surface area contributed by atoms with Crippen LogP contribution < -0.4 is 10.5 Å². The molecule has 0 spiro atoms. The number of nitrogens with two attached hydrogens (primary N) is 1. The Balaban J connectivity index is 2.18. The van der Waals surface area contributed by atoms with Crippen LogP contribution in [0.25, 0.3) is 0 Å². The maximum atomic E-state index is 12.2. The van der Waals surface area contributed by atoms with E-state index in [1.54, 1.807) is 25.3 Å². The molecule has 0 bridgehead atoms. The lowest BCUT2D eigenvalue weighted by atomic mass is 9.98. The third-order valence-corrected chi connectivity index (χ3v) is 3.00. The van der Waals surface area contributed by atoms with Crippen LogP contribution in [0.5, 0.6) is 5.75 Å². The molecule has 1 fully saturated rings. The number of rotatable bonds is 3. The fraction of sp³-hybridized carbons (Fsp3) is 0.462. The zero-order valence-corrected chi connectivity index (χ0v) is 9.94. The summed E-state index contributed by atoms with van der Waals surface area (Å²) in [5.41, 5.74) is 6.82. The second kappa shape index (κ2) is 5.19. The van der Waals surface area contributed by atoms with Gasteiger partial charge in [0.25, 0.3) is 0 Å². The smallest absolute Gasteiger partial charge is 0.193 e. The largest absolute Gasteiger partial charge is 0.497 e. The molecule has 0 radical (unpaired) electrons. The summed E-state index contributed by atoms with van der Waals surface area (Å²) in [5.74, 6) is 0.633. The molecule has 1 saturated heterocycles. The lowest BCUT2D eigenvalue weighted by molar-refractivity contribution is 0.0187. The van der Waals surface area contributed by atoms with Gasteiger partial charge in [-0.05, 0) is 31.4 Å². The molecule has 0 saturated carbocycles. The normalized spacial score (nSPS) is 19.9. The SMILES string of the molecule is COc1ccc(C(=O)C2CCCCO2)c(N)c1. The Bertz CT molecular complexity index is 411. The number of anilines is 1. The lowest BCUT2D eigenvalue weighted by Crippen LogP contribution is -2.28. The van der Waals surface area contributed by atoms with Crippen molar-refractivity contribution in [1.29, 1.82) is 0 Å². The molecule has 1 aromatic rings. The molecular formula is C13H17NO3. The minimum Gasteiger partial charge on any atom is -0.497 e. The highest BCUT2D eigenvalue weighted by Crippen LogP contribution is 2.24. The van der Waals surface area contributed by atoms with Gasteiger partial charge in [0.05, 0.1) is 7.11 Å². The van der Waals surface area contributed by atoms with E-state index in [0.29, 0.717) is 23.6 Å². The third-order valence-electron chi connectivity index (χ3n) is 3.00. The van der Waals surface area contributed by atoms with Gasteiger partial charge in [-0.1, -0.05) is 0 Å². The first-order chi connectivity index (χ1) is 8.22. The Hall–Kier alpha value is -1.55. The van der Waals surface area contributed by atoms with Crippen LogP contribution in [0.4, 0.5) is 5.69 Å². The Kier molecular flexibility index (Phi) is 3.64. The fourth-order valence-electron chi connectivity index (χ4n) is 2.01. The van der Waals surface area contributed by atoms with E-state index in [0.717, 1.165) is 19.3 Å². The van der Waals surface area contributed by atoms with Crippen molar-refractivity contribution in [3.8, 4) is 5.75 Å². The Morgan fingerprint density at radius 2 is 2.29 bits per heavy atom. The fourth-order valence-corrected chi connectivity index (χ4v) is 2.01. The maximum Gasteiger partial charge on any atom is 0.193 e. The minimum atomic E-state index is -0.334. The van der Waals surface area contributed by atoms with E-state index in [2.05, 4.69) is 0 Å². The van der Waals surface area contributed by atoms with Gasteiger partial charge in [0, 0.05) is 23.9 Å². The number of hydrogen-bond acceptors (Lipinski definition) is 4. The summed E-state index contributed by atoms with van der Waals surface area (Å²) in [5, 5.41) is 0. The van der Waals surface area contributed by atoms with Crippen molar-refractivity contribution in [2.24, 2.45) is 0 Å². The number of carbonyl (C=O) groups excluding carboxylic acids is 1. The second-order valence-corrected chi connectivity index (χ2v) is 4.17. The first-order valence-corrected chi connectivity index (χ1v) is 5.81. The van der Waals surface area contributed by atoms with Crippen molar-refractivity contribution in [3.63, 3.8) is 0 Å². The highest BCUT2D eigenvalue weighted by atomic mass is 16.5. The van der Waals surface area contributed by atoms with Crippen molar-refractivity contribution in [2.45, 2.75) is 25.4 Å². The molecule has 0 amide bonds. The molecule has 0 aliphatic carbocycles. The summed E-state index contributed by atoms with van der Waals surface area (Å²) in [6.45, 7) is 0.659. The van der Waals surface area contributed by atoms with Crippen LogP contribution in [0.2, 0.25) is 0 Å². The van der Waals surface area contributed by atoms with Crippen molar-refractivity contribution < 1.29 is 14.3 Å². The number of Topliss-reactive ketones (excluding diaryl/α,β-unsaturated/α-hetero) is 1. The lowest BCUT2D eigenvalue weighted by Gasteiger charge is -2.21. The summed E-state index contributed by atoms with van der Waals surface area (Å²) in [6.07, 6.45) is 2.51. The number of benzene rings is 1. The minimum absolute atomic E-state index is 0.0233. The summed E-state index contributed by atoms with van der Waals surface area (Å²) in [6, 6.07) is 5.11. The van der Waals surface area contributed by atoms with Crippen LogP contribution in [0.1, 0.15) is 29.6 Å². The topological polar surface area (TPSA) is 61.5 Å². The molecular weight excluding hydrogens is 218 g/mol. The van der Waals surface area contributed by atoms with Crippen molar-refractivity contribution in [2.75, 3.05) is 19.5 Å². The van der Waals surface area contributed by atoms with Crippen molar-refractivity contribution in [3.05, 3.63) is 23.8 Å². The van der Waals surface area contributed by atoms with Crippen LogP contribution in [0.3, 0.4) is 0 Å². The number of hydrogen-bond donors (Lipinski definition) is 1. The average molecular weight is 235 g/mol. The molecule has 1 aliphatic heterocycles. The number of ketones is 1. The molecule has 4 heteroatoms. The van der Waals surface area contributed by atoms with Crippen LogP contribution in [0, 0.1) is 0 Å². The van der Waals surface area contributed by atoms with Gasteiger partial charge in [-0.2, -0.15) is 0 Å². The van der Waals surface area contributed by atoms with E-state index < -0.39 is 0 Å². The van der Waals surface area contributed by atoms with E-state index in [1.165, 1.54) is 0 Å². The summed E-state index contributed by atoms with van der Waals surface area (Å²) < 4.78 is 10.5. The van der Waals surface area contributed by atoms with E-state index in [9.17, 15) is 4.79 Å². The highest BCUT2D eigenvalue weighted by molar-refractivity contribution is 6.03. The van der Waals surface area contributed by atoms with Gasteiger partial charge >= 0.3 is 0 Å². The van der Waals surface area contributed by atoms with Gasteiger partial charge in [0.1, 0.15) is 11.9 Å². The van der Waals surface area contributed by atoms with E-state index in [1.807, 2.05) is 0 Å². The van der Waals surface area contributed by atoms with Gasteiger partial charge in [-0.25, -0.2) is 0 Å². The van der Waals surface area contributed by atoms with Crippen LogP contribution in [-0.2, 0) is 4.74 Å². The molecule has 4 nitrogen and oxygen atoms in total. The summed E-state index contributed by atoms with van der Waals surface area (Å²) in [7, 11) is 1.57. The molecule has 2 N–H and O–H groups in total. The average Bonchev–Trinajstić information content (AvgIpc) is 2.39. The predicted octanol–water partition coefficient (Wildman–Crippen LogP) is 2.03. The molecule has 0 aromatic heterocycles. The van der Waals surface area contributed by atoms with Gasteiger partial charge < -0.3 is 15.2 Å². The van der Waals surface area contributed by atoms with Gasteiger partial charge in [0.2, 0.25) is 0 Å². The monoisotopic (exact) mass is 235 g/mol. The van der Waals surface area contributed by atoms with E-state index in [-0.39, 0.29) is 11.9 Å². The molecule has 1 aliphatic rings. The zero-order valence-electron chi connectivity index (χ0n) is 9.94. The standard InChI is InChI=1S/C13H17NO3/c1-16-9-5-6-10(11(14)8-9)13(15)12-4-2-3-7-17-12/h5-6,8,12H,2-4,7,14H2,1H3. The van der Waals surface area contributed by atoms with Gasteiger partial charge in [-0.15, -0.1) is 0 Å². The number of ether oxygens (including phenoxy) is 2. The molecule has 17 heavy (non-hydrogen) atoms. The van der Waals surface area contributed by atoms with Gasteiger partial charge in [-0.3, -0.25) is 4.79 Å². The van der Waals surface area contributed by atoms with Crippen molar-refractivity contribution >= 4 is 11.5 Å². The second-order valence-electron chi connectivity index (χ2n) is 4.17. The molecule has 1 unspecified atom stereocenters. The van der Waals surface area contributed by atoms with Crippen LogP contribution in [-0.4, -0.2) is 25.6 Å². The maximum absolute atomic E-state index is 12.2. The summed E-state index contributed by atoms with van der Waals surface area (Å²) >= 11 is 0. The quantitative estimate of drug-likeness (QED) is 0.643. The van der Waals surface area contributed by atoms with E-state index in [4.69, 9.17) is 15.2 Å². The Morgan fingerprint density at radius 3 is 2.88 bits per heavy atom. The highest BCUT2D eigenvalue weighted by Gasteiger charge is 2.24. The Labute approximate surface area is 101 Å². The molecule has 2 rings (SSSR count). The molecule has 1 atom stereocenters. The molecule has 1 heterocycles. The number of carbonyl (C=O) groups is 1. The first-order valence-electron chi connectivity index (χ1n) is 5.81. The third kappa shape index (κ3) is 2.58. The first kappa shape index (κ1) is 11.9. The summed E-state index contributed by atoms with van der Waals surface area (Å²) in [4.78, 5) is 12.2. The van der Waals surface area contributed by atoms with Crippen LogP contribution >= 0.6 is 0 Å². The predicted molar refractivity (Wildman–Crippen MR) is 65.3 cm³/mol. The van der Waals surface area contributed by atoms with Crippen LogP contribution in [0.15, 0.2) is 18.2 Å². The van der Waals surface area contributed by atoms with E-state index >= 15 is 0 Å². The van der Waals surface area contributed by atoms with Gasteiger partial charge in [0.15, 0.2) is 5.78 Å². The van der Waals surface area contributed by atoms with Crippen molar-refractivity contribution in [1.82, 2.24) is 0 Å².